The molecule has 144 valence electrons. The molecule has 0 spiro atoms. The molecule has 3 heterocycles. The molecular weight excluding hydrogens is 344 g/mol. The Morgan fingerprint density at radius 3 is 2.74 bits per heavy atom. The fourth-order valence-electron chi connectivity index (χ4n) is 4.00. The first-order valence-electron chi connectivity index (χ1n) is 9.51. The number of aromatic amines is 1. The maximum Gasteiger partial charge on any atom is 0.255 e. The standard InChI is InChI=1S/C20H26N4O3/c1-13-9-24(10-14(2)27-13)20-21-17-12-23(8-7-16(17)19(26)22-20)11-15-5-3-4-6-18(15)25/h3-6,13-14,25H,7-12H2,1-2H3,(H,21,22,26). The number of benzene rings is 1. The van der Waals surface area contributed by atoms with E-state index in [-0.39, 0.29) is 17.8 Å². The van der Waals surface area contributed by atoms with Crippen LogP contribution < -0.4 is 10.5 Å². The van der Waals surface area contributed by atoms with E-state index in [2.05, 4.69) is 14.8 Å². The van der Waals surface area contributed by atoms with Crippen molar-refractivity contribution in [2.75, 3.05) is 24.5 Å². The number of nitrogens with zero attached hydrogens (tertiary/aromatic N) is 3. The van der Waals surface area contributed by atoms with Crippen molar-refractivity contribution in [3.63, 3.8) is 0 Å². The Bertz CT molecular complexity index is 872. The molecule has 4 rings (SSSR count). The topological polar surface area (TPSA) is 81.7 Å². The lowest BCUT2D eigenvalue weighted by molar-refractivity contribution is -0.00576. The second-order valence-corrected chi connectivity index (χ2v) is 7.57. The van der Waals surface area contributed by atoms with Gasteiger partial charge in [-0.3, -0.25) is 14.7 Å². The number of hydrogen-bond acceptors (Lipinski definition) is 6. The van der Waals surface area contributed by atoms with Crippen LogP contribution in [0.2, 0.25) is 0 Å². The summed E-state index contributed by atoms with van der Waals surface area (Å²) in [5.41, 5.74) is 2.47. The minimum atomic E-state index is -0.0380. The number of para-hydroxylation sites is 1. The summed E-state index contributed by atoms with van der Waals surface area (Å²) in [7, 11) is 0. The van der Waals surface area contributed by atoms with Gasteiger partial charge < -0.3 is 14.7 Å². The van der Waals surface area contributed by atoms with Gasteiger partial charge in [-0.2, -0.15) is 0 Å². The molecule has 2 aromatic rings. The number of morpholine rings is 1. The zero-order valence-electron chi connectivity index (χ0n) is 15.8. The highest BCUT2D eigenvalue weighted by Gasteiger charge is 2.27. The number of fused-ring (bicyclic) bond motifs is 1. The Kier molecular flexibility index (Phi) is 4.88. The Morgan fingerprint density at radius 1 is 1.26 bits per heavy atom. The zero-order valence-corrected chi connectivity index (χ0v) is 15.8. The van der Waals surface area contributed by atoms with Crippen LogP contribution in [-0.4, -0.2) is 51.8 Å². The maximum atomic E-state index is 12.6. The third kappa shape index (κ3) is 3.84. The SMILES string of the molecule is CC1CN(c2nc3c(c(=O)[nH]2)CCN(Cc2ccccc2O)C3)CC(C)O1. The van der Waals surface area contributed by atoms with Crippen LogP contribution in [0.1, 0.15) is 30.7 Å². The summed E-state index contributed by atoms with van der Waals surface area (Å²) < 4.78 is 5.78. The monoisotopic (exact) mass is 370 g/mol. The van der Waals surface area contributed by atoms with Crippen LogP contribution in [0.15, 0.2) is 29.1 Å². The maximum absolute atomic E-state index is 12.6. The molecule has 1 aromatic carbocycles. The van der Waals surface area contributed by atoms with Crippen LogP contribution in [0.4, 0.5) is 5.95 Å². The van der Waals surface area contributed by atoms with E-state index in [4.69, 9.17) is 9.72 Å². The summed E-state index contributed by atoms with van der Waals surface area (Å²) in [6, 6.07) is 7.38. The van der Waals surface area contributed by atoms with Crippen molar-refractivity contribution < 1.29 is 9.84 Å². The van der Waals surface area contributed by atoms with Gasteiger partial charge in [0.15, 0.2) is 0 Å². The Morgan fingerprint density at radius 2 is 2.00 bits per heavy atom. The lowest BCUT2D eigenvalue weighted by Gasteiger charge is -2.36. The predicted molar refractivity (Wildman–Crippen MR) is 103 cm³/mol. The summed E-state index contributed by atoms with van der Waals surface area (Å²) in [6.45, 7) is 7.52. The van der Waals surface area contributed by atoms with Crippen LogP contribution in [-0.2, 0) is 24.2 Å². The molecule has 0 bridgehead atoms. The van der Waals surface area contributed by atoms with Crippen molar-refractivity contribution in [1.29, 1.82) is 0 Å². The molecule has 2 aliphatic rings. The third-order valence-corrected chi connectivity index (χ3v) is 5.24. The average Bonchev–Trinajstić information content (AvgIpc) is 2.62. The smallest absolute Gasteiger partial charge is 0.255 e. The lowest BCUT2D eigenvalue weighted by Crippen LogP contribution is -2.47. The number of phenolic OH excluding ortho intramolecular Hbond substituents is 1. The summed E-state index contributed by atoms with van der Waals surface area (Å²) in [5, 5.41) is 10.0. The number of ether oxygens (including phenoxy) is 1. The van der Waals surface area contributed by atoms with E-state index < -0.39 is 0 Å². The van der Waals surface area contributed by atoms with E-state index >= 15 is 0 Å². The molecule has 0 amide bonds. The molecule has 2 unspecified atom stereocenters. The molecule has 1 saturated heterocycles. The van der Waals surface area contributed by atoms with E-state index in [1.807, 2.05) is 32.0 Å². The van der Waals surface area contributed by atoms with Crippen molar-refractivity contribution >= 4 is 5.95 Å². The van der Waals surface area contributed by atoms with Gasteiger partial charge in [0.05, 0.1) is 17.9 Å². The quantitative estimate of drug-likeness (QED) is 0.855. The van der Waals surface area contributed by atoms with Crippen molar-refractivity contribution in [2.24, 2.45) is 0 Å². The summed E-state index contributed by atoms with van der Waals surface area (Å²) in [4.78, 5) is 24.7. The number of nitrogens with one attached hydrogen (secondary N) is 1. The normalized spacial score (nSPS) is 23.3. The van der Waals surface area contributed by atoms with Crippen molar-refractivity contribution in [1.82, 2.24) is 14.9 Å². The minimum Gasteiger partial charge on any atom is -0.508 e. The van der Waals surface area contributed by atoms with Gasteiger partial charge in [-0.25, -0.2) is 4.98 Å². The Labute approximate surface area is 158 Å². The van der Waals surface area contributed by atoms with Crippen molar-refractivity contribution in [3.05, 3.63) is 51.4 Å². The van der Waals surface area contributed by atoms with E-state index in [1.54, 1.807) is 6.07 Å². The Hall–Kier alpha value is -2.38. The van der Waals surface area contributed by atoms with Crippen LogP contribution in [0.5, 0.6) is 5.75 Å². The highest BCUT2D eigenvalue weighted by Crippen LogP contribution is 2.23. The molecule has 0 saturated carbocycles. The van der Waals surface area contributed by atoms with Crippen LogP contribution in [0, 0.1) is 0 Å². The number of anilines is 1. The minimum absolute atomic E-state index is 0.0380. The molecule has 27 heavy (non-hydrogen) atoms. The lowest BCUT2D eigenvalue weighted by atomic mass is 10.1. The van der Waals surface area contributed by atoms with Crippen molar-refractivity contribution in [2.45, 2.75) is 45.6 Å². The van der Waals surface area contributed by atoms with Crippen LogP contribution >= 0.6 is 0 Å². The molecule has 2 atom stereocenters. The van der Waals surface area contributed by atoms with Gasteiger partial charge in [-0.15, -0.1) is 0 Å². The van der Waals surface area contributed by atoms with Crippen molar-refractivity contribution in [3.8, 4) is 5.75 Å². The molecule has 2 N–H and O–H groups in total. The highest BCUT2D eigenvalue weighted by atomic mass is 16.5. The molecule has 2 aliphatic heterocycles. The third-order valence-electron chi connectivity index (χ3n) is 5.24. The fraction of sp³-hybridized carbons (Fsp3) is 0.500. The fourth-order valence-corrected chi connectivity index (χ4v) is 4.00. The molecule has 0 aliphatic carbocycles. The number of aromatic nitrogens is 2. The predicted octanol–water partition coefficient (Wildman–Crippen LogP) is 1.65. The molecule has 7 nitrogen and oxygen atoms in total. The number of H-pyrrole nitrogens is 1. The molecule has 0 radical (unpaired) electrons. The molecule has 1 aromatic heterocycles. The number of phenols is 1. The van der Waals surface area contributed by atoms with E-state index in [1.165, 1.54) is 0 Å². The number of hydrogen-bond donors (Lipinski definition) is 2. The van der Waals surface area contributed by atoms with E-state index in [9.17, 15) is 9.90 Å². The summed E-state index contributed by atoms with van der Waals surface area (Å²) >= 11 is 0. The van der Waals surface area contributed by atoms with Crippen LogP contribution in [0.3, 0.4) is 0 Å². The highest BCUT2D eigenvalue weighted by molar-refractivity contribution is 5.36. The van der Waals surface area contributed by atoms with E-state index in [0.29, 0.717) is 44.3 Å². The molecular formula is C20H26N4O3. The Balaban J connectivity index is 1.56. The molecule has 1 fully saturated rings. The van der Waals surface area contributed by atoms with Crippen LogP contribution in [0.25, 0.3) is 0 Å². The number of rotatable bonds is 3. The second kappa shape index (κ2) is 7.32. The van der Waals surface area contributed by atoms with Gasteiger partial charge in [0.1, 0.15) is 5.75 Å². The van der Waals surface area contributed by atoms with Gasteiger partial charge in [0.2, 0.25) is 5.95 Å². The van der Waals surface area contributed by atoms with E-state index in [0.717, 1.165) is 23.4 Å². The number of aromatic hydroxyl groups is 1. The first-order chi connectivity index (χ1) is 13.0. The zero-order chi connectivity index (χ0) is 19.0. The van der Waals surface area contributed by atoms with Gasteiger partial charge in [-0.05, 0) is 26.3 Å². The summed E-state index contributed by atoms with van der Waals surface area (Å²) in [5.74, 6) is 0.935. The first kappa shape index (κ1) is 18.0. The van der Waals surface area contributed by atoms with Gasteiger partial charge >= 0.3 is 0 Å². The van der Waals surface area contributed by atoms with Gasteiger partial charge in [-0.1, -0.05) is 18.2 Å². The largest absolute Gasteiger partial charge is 0.508 e. The second-order valence-electron chi connectivity index (χ2n) is 7.57. The first-order valence-corrected chi connectivity index (χ1v) is 9.51. The molecule has 7 heteroatoms. The average molecular weight is 370 g/mol. The van der Waals surface area contributed by atoms with Gasteiger partial charge in [0.25, 0.3) is 5.56 Å². The van der Waals surface area contributed by atoms with Gasteiger partial charge in [0, 0.05) is 43.9 Å². The summed E-state index contributed by atoms with van der Waals surface area (Å²) in [6.07, 6.45) is 0.877.